The number of hydrogen-bond donors (Lipinski definition) is 2. The van der Waals surface area contributed by atoms with Gasteiger partial charge >= 0.3 is 21.7 Å². The second-order valence-corrected chi connectivity index (χ2v) is 10.2. The number of sulfonamides is 1. The van der Waals surface area contributed by atoms with Crippen LogP contribution in [0.25, 0.3) is 0 Å². The highest BCUT2D eigenvalue weighted by Crippen LogP contribution is 2.49. The first kappa shape index (κ1) is 24.1. The van der Waals surface area contributed by atoms with Gasteiger partial charge in [0, 0.05) is 35.7 Å². The van der Waals surface area contributed by atoms with Crippen LogP contribution >= 0.6 is 0 Å². The van der Waals surface area contributed by atoms with Crippen molar-refractivity contribution >= 4 is 15.7 Å². The van der Waals surface area contributed by atoms with E-state index in [9.17, 15) is 34.8 Å². The molecule has 12 heteroatoms. The number of rotatable bonds is 4. The summed E-state index contributed by atoms with van der Waals surface area (Å²) in [6, 6.07) is 3.14. The van der Waals surface area contributed by atoms with Gasteiger partial charge in [0.25, 0.3) is 0 Å². The van der Waals surface area contributed by atoms with Crippen LogP contribution < -0.4 is 10.0 Å². The van der Waals surface area contributed by atoms with E-state index in [-0.39, 0.29) is 29.9 Å². The van der Waals surface area contributed by atoms with Crippen molar-refractivity contribution in [1.29, 1.82) is 0 Å². The zero-order valence-electron chi connectivity index (χ0n) is 17.2. The van der Waals surface area contributed by atoms with Crippen molar-refractivity contribution in [1.82, 2.24) is 4.72 Å². The SMILES string of the molecule is O=S(=O)(NC[C@H]1CC[C@@H]2[C@H](O1)c1cc(C(F)(F)F)ccc1N[C@H]2C1C=CC=CC1)C(F)(F)F. The van der Waals surface area contributed by atoms with Crippen molar-refractivity contribution in [3.8, 4) is 0 Å². The molecule has 1 fully saturated rings. The van der Waals surface area contributed by atoms with E-state index in [0.717, 1.165) is 18.6 Å². The third-order valence-electron chi connectivity index (χ3n) is 6.30. The summed E-state index contributed by atoms with van der Waals surface area (Å²) in [7, 11) is -5.55. The Balaban J connectivity index is 1.61. The maximum Gasteiger partial charge on any atom is 0.511 e. The van der Waals surface area contributed by atoms with Gasteiger partial charge in [-0.2, -0.15) is 26.3 Å². The molecule has 182 valence electrons. The van der Waals surface area contributed by atoms with Gasteiger partial charge in [-0.15, -0.1) is 0 Å². The first-order valence-electron chi connectivity index (χ1n) is 10.4. The van der Waals surface area contributed by atoms with Crippen LogP contribution in [-0.2, 0) is 20.9 Å². The van der Waals surface area contributed by atoms with Crippen LogP contribution in [0.3, 0.4) is 0 Å². The Bertz CT molecular complexity index is 1050. The van der Waals surface area contributed by atoms with Crippen LogP contribution in [0.15, 0.2) is 42.5 Å². The smallest absolute Gasteiger partial charge is 0.381 e. The fourth-order valence-electron chi connectivity index (χ4n) is 4.70. The van der Waals surface area contributed by atoms with Crippen LogP contribution in [0, 0.1) is 11.8 Å². The van der Waals surface area contributed by atoms with E-state index in [2.05, 4.69) is 5.32 Å². The lowest BCUT2D eigenvalue weighted by atomic mass is 9.73. The maximum absolute atomic E-state index is 13.3. The highest BCUT2D eigenvalue weighted by atomic mass is 32.2. The topological polar surface area (TPSA) is 67.4 Å². The molecule has 2 N–H and O–H groups in total. The van der Waals surface area contributed by atoms with E-state index in [1.807, 2.05) is 24.3 Å². The van der Waals surface area contributed by atoms with Crippen molar-refractivity contribution in [2.75, 3.05) is 11.9 Å². The summed E-state index contributed by atoms with van der Waals surface area (Å²) in [5.74, 6) is -0.181. The van der Waals surface area contributed by atoms with E-state index in [0.29, 0.717) is 12.1 Å². The molecule has 0 saturated carbocycles. The molecule has 0 bridgehead atoms. The average molecular weight is 496 g/mol. The monoisotopic (exact) mass is 496 g/mol. The number of benzene rings is 1. The Kier molecular flexibility index (Phi) is 6.29. The Morgan fingerprint density at radius 3 is 2.48 bits per heavy atom. The van der Waals surface area contributed by atoms with Crippen molar-refractivity contribution in [2.45, 2.75) is 49.2 Å². The molecule has 5 atom stereocenters. The van der Waals surface area contributed by atoms with Gasteiger partial charge < -0.3 is 10.1 Å². The van der Waals surface area contributed by atoms with Crippen LogP contribution in [0.1, 0.15) is 36.5 Å². The number of fused-ring (bicyclic) bond motifs is 3. The second kappa shape index (κ2) is 8.62. The number of halogens is 6. The van der Waals surface area contributed by atoms with Gasteiger partial charge in [-0.1, -0.05) is 24.3 Å². The van der Waals surface area contributed by atoms with Crippen LogP contribution in [-0.4, -0.2) is 32.6 Å². The number of allylic oxidation sites excluding steroid dienone is 3. The molecular formula is C21H22F6N2O3S. The Hall–Kier alpha value is -2.05. The standard InChI is InChI=1S/C21H22F6N2O3S/c22-20(23,24)13-6-9-17-16(10-13)19-15(18(29-17)12-4-2-1-3-5-12)8-7-14(32-19)11-28-33(30,31)21(25,26)27/h1-4,6,9-10,12,14-15,18-19,28-29H,5,7-8,11H2/t12?,14-,15+,18+,19+/m1/s1. The van der Waals surface area contributed by atoms with Gasteiger partial charge in [0.05, 0.1) is 17.8 Å². The molecule has 0 spiro atoms. The van der Waals surface area contributed by atoms with Crippen molar-refractivity contribution in [2.24, 2.45) is 11.8 Å². The second-order valence-electron chi connectivity index (χ2n) is 8.40. The summed E-state index contributed by atoms with van der Waals surface area (Å²) in [6.07, 6.45) is 2.93. The Labute approximate surface area is 186 Å². The molecular weight excluding hydrogens is 474 g/mol. The average Bonchev–Trinajstić information content (AvgIpc) is 2.76. The van der Waals surface area contributed by atoms with Crippen LogP contribution in [0.5, 0.6) is 0 Å². The number of ether oxygens (including phenoxy) is 1. The molecule has 1 aromatic rings. The number of anilines is 1. The molecule has 2 aliphatic heterocycles. The molecule has 0 aromatic heterocycles. The fourth-order valence-corrected chi connectivity index (χ4v) is 5.26. The summed E-state index contributed by atoms with van der Waals surface area (Å²) in [5.41, 5.74) is -5.58. The normalized spacial score (nSPS) is 29.8. The van der Waals surface area contributed by atoms with Gasteiger partial charge in [-0.05, 0) is 37.5 Å². The van der Waals surface area contributed by atoms with E-state index < -0.39 is 46.0 Å². The predicted molar refractivity (Wildman–Crippen MR) is 109 cm³/mol. The minimum Gasteiger partial charge on any atom is -0.381 e. The highest BCUT2D eigenvalue weighted by Gasteiger charge is 2.48. The number of nitrogens with one attached hydrogen (secondary N) is 2. The molecule has 0 radical (unpaired) electrons. The zero-order valence-corrected chi connectivity index (χ0v) is 18.0. The van der Waals surface area contributed by atoms with Gasteiger partial charge in [-0.25, -0.2) is 13.1 Å². The summed E-state index contributed by atoms with van der Waals surface area (Å²) in [6.45, 7) is -0.622. The first-order valence-corrected chi connectivity index (χ1v) is 11.9. The summed E-state index contributed by atoms with van der Waals surface area (Å²) in [5, 5.41) is 3.34. The number of alkyl halides is 6. The van der Waals surface area contributed by atoms with Crippen LogP contribution in [0.4, 0.5) is 32.0 Å². The fraction of sp³-hybridized carbons (Fsp3) is 0.524. The molecule has 1 saturated heterocycles. The first-order chi connectivity index (χ1) is 15.4. The minimum absolute atomic E-state index is 0.0572. The van der Waals surface area contributed by atoms with Crippen molar-refractivity contribution in [3.05, 3.63) is 53.6 Å². The molecule has 1 aromatic carbocycles. The summed E-state index contributed by atoms with van der Waals surface area (Å²) >= 11 is 0. The van der Waals surface area contributed by atoms with Gasteiger partial charge in [0.1, 0.15) is 0 Å². The van der Waals surface area contributed by atoms with E-state index >= 15 is 0 Å². The van der Waals surface area contributed by atoms with Gasteiger partial charge in [-0.3, -0.25) is 0 Å². The lowest BCUT2D eigenvalue weighted by molar-refractivity contribution is -0.138. The molecule has 5 nitrogen and oxygen atoms in total. The molecule has 4 rings (SSSR count). The molecule has 0 amide bonds. The summed E-state index contributed by atoms with van der Waals surface area (Å²) in [4.78, 5) is 0. The highest BCUT2D eigenvalue weighted by molar-refractivity contribution is 7.90. The third-order valence-corrected chi connectivity index (χ3v) is 7.46. The molecule has 3 aliphatic rings. The van der Waals surface area contributed by atoms with E-state index in [4.69, 9.17) is 4.74 Å². The van der Waals surface area contributed by atoms with E-state index in [1.165, 1.54) is 10.8 Å². The van der Waals surface area contributed by atoms with Gasteiger partial charge in [0.15, 0.2) is 0 Å². The van der Waals surface area contributed by atoms with Crippen LogP contribution in [0.2, 0.25) is 0 Å². The molecule has 2 heterocycles. The summed E-state index contributed by atoms with van der Waals surface area (Å²) < 4.78 is 108. The largest absolute Gasteiger partial charge is 0.511 e. The van der Waals surface area contributed by atoms with E-state index in [1.54, 1.807) is 0 Å². The minimum atomic E-state index is -5.55. The zero-order chi connectivity index (χ0) is 24.0. The quantitative estimate of drug-likeness (QED) is 0.582. The Morgan fingerprint density at radius 1 is 1.09 bits per heavy atom. The third kappa shape index (κ3) is 4.92. The molecule has 33 heavy (non-hydrogen) atoms. The maximum atomic E-state index is 13.3. The van der Waals surface area contributed by atoms with Crippen molar-refractivity contribution < 1.29 is 39.5 Å². The predicted octanol–water partition coefficient (Wildman–Crippen LogP) is 4.91. The lowest BCUT2D eigenvalue weighted by Gasteiger charge is -2.47. The van der Waals surface area contributed by atoms with Crippen molar-refractivity contribution in [3.63, 3.8) is 0 Å². The Morgan fingerprint density at radius 2 is 1.85 bits per heavy atom. The van der Waals surface area contributed by atoms with Gasteiger partial charge in [0.2, 0.25) is 0 Å². The number of hydrogen-bond acceptors (Lipinski definition) is 4. The molecule has 1 aliphatic carbocycles. The lowest BCUT2D eigenvalue weighted by Crippen LogP contribution is -2.49. The molecule has 1 unspecified atom stereocenters.